The number of fused-ring (bicyclic) bond motifs is 13. The van der Waals surface area contributed by atoms with E-state index in [4.69, 9.17) is 12.9 Å². The van der Waals surface area contributed by atoms with Gasteiger partial charge in [-0.15, -0.1) is 0 Å². The molecule has 23 aromatic rings. The lowest BCUT2D eigenvalue weighted by Crippen LogP contribution is -2.13. The van der Waals surface area contributed by atoms with E-state index >= 15 is 0 Å². The molecule has 0 saturated heterocycles. The molecule has 7 heteroatoms. The van der Waals surface area contributed by atoms with E-state index < -0.39 is 18.1 Å². The zero-order valence-electron chi connectivity index (χ0n) is 70.6. The molecule has 0 saturated carbocycles. The number of para-hydroxylation sites is 8. The van der Waals surface area contributed by atoms with Gasteiger partial charge < -0.3 is 33.0 Å². The van der Waals surface area contributed by atoms with E-state index in [1.165, 1.54) is 43.4 Å². The highest BCUT2D eigenvalue weighted by atomic mass is 16.3. The normalized spacial score (nSPS) is 12.0. The Bertz CT molecular complexity index is 8090. The Labute approximate surface area is 707 Å². The van der Waals surface area contributed by atoms with E-state index in [0.717, 1.165) is 145 Å². The summed E-state index contributed by atoms with van der Waals surface area (Å²) in [4.78, 5) is 8.79. The highest BCUT2D eigenvalue weighted by molar-refractivity contribution is 6.16. The zero-order chi connectivity index (χ0) is 84.5. The van der Waals surface area contributed by atoms with Gasteiger partial charge in [0.1, 0.15) is 22.3 Å². The molecular weight excluding hydrogens is 1470 g/mol. The molecule has 3 aromatic heterocycles. The SMILES string of the molecule is [2H]c1c([2H])c([2H])c(N(c2ccc(-c3ccccc3)cc2)c2cc(-c3cccc4ccccc34)cc(N(c3ccccc3)c3ccc4oc5ccccc5c4c3)c2)c([2H])c1[2H].c1ccc(N(c2cc(-c3cc4ccccc4c4ccccc34)cc(N(c3ccccc3)c3ccc4c5ccccc5n(-c5ccccc5)c4c3)c2)c2ccc3oc4ccccc4c3c2)cc1. The van der Waals surface area contributed by atoms with Crippen LogP contribution in [-0.4, -0.2) is 4.57 Å². The largest absolute Gasteiger partial charge is 0.456 e. The topological polar surface area (TPSA) is 44.2 Å². The van der Waals surface area contributed by atoms with Crippen molar-refractivity contribution in [2.45, 2.75) is 0 Å². The predicted molar refractivity (Wildman–Crippen MR) is 509 cm³/mol. The van der Waals surface area contributed by atoms with Gasteiger partial charge in [-0.05, 0) is 248 Å². The third-order valence-corrected chi connectivity index (χ3v) is 23.2. The minimum absolute atomic E-state index is 0.0482. The van der Waals surface area contributed by atoms with E-state index in [0.29, 0.717) is 11.4 Å². The highest BCUT2D eigenvalue weighted by Crippen LogP contribution is 2.50. The first-order valence-corrected chi connectivity index (χ1v) is 40.8. The van der Waals surface area contributed by atoms with Gasteiger partial charge in [0.05, 0.1) is 17.9 Å². The van der Waals surface area contributed by atoms with Crippen LogP contribution in [0.25, 0.3) is 137 Å². The van der Waals surface area contributed by atoms with E-state index in [1.807, 2.05) is 140 Å². The average Bonchev–Trinajstić information content (AvgIpc) is 1.55. The van der Waals surface area contributed by atoms with Crippen molar-refractivity contribution in [3.8, 4) is 39.1 Å². The van der Waals surface area contributed by atoms with Crippen molar-refractivity contribution >= 4 is 166 Å². The Morgan fingerprint density at radius 3 is 1.15 bits per heavy atom. The molecule has 7 nitrogen and oxygen atoms in total. The first kappa shape index (κ1) is 66.0. The van der Waals surface area contributed by atoms with Gasteiger partial charge in [-0.1, -0.05) is 285 Å². The lowest BCUT2D eigenvalue weighted by molar-refractivity contribution is 0.668. The first-order valence-electron chi connectivity index (χ1n) is 43.3. The number of furan rings is 2. The van der Waals surface area contributed by atoms with Crippen molar-refractivity contribution in [3.63, 3.8) is 0 Å². The lowest BCUT2D eigenvalue weighted by Gasteiger charge is -2.30. The van der Waals surface area contributed by atoms with E-state index in [2.05, 4.69) is 317 Å². The van der Waals surface area contributed by atoms with Crippen LogP contribution in [-0.2, 0) is 0 Å². The van der Waals surface area contributed by atoms with Crippen LogP contribution >= 0.6 is 0 Å². The molecule has 0 aliphatic rings. The Morgan fingerprint density at radius 1 is 0.190 bits per heavy atom. The Kier molecular flexibility index (Phi) is 16.8. The van der Waals surface area contributed by atoms with Crippen LogP contribution in [0.4, 0.5) is 68.2 Å². The van der Waals surface area contributed by atoms with Crippen LogP contribution in [0, 0.1) is 0 Å². The summed E-state index contributed by atoms with van der Waals surface area (Å²) in [7, 11) is 0. The van der Waals surface area contributed by atoms with E-state index in [1.54, 1.807) is 4.90 Å². The van der Waals surface area contributed by atoms with E-state index in [9.17, 15) is 2.74 Å². The summed E-state index contributed by atoms with van der Waals surface area (Å²) in [6.07, 6.45) is 0. The molecule has 23 rings (SSSR count). The molecule has 0 fully saturated rings. The fourth-order valence-corrected chi connectivity index (χ4v) is 17.7. The van der Waals surface area contributed by atoms with Crippen LogP contribution < -0.4 is 19.6 Å². The summed E-state index contributed by atoms with van der Waals surface area (Å²) in [5.74, 6) is 0. The third kappa shape index (κ3) is 13.3. The molecule has 20 aromatic carbocycles. The molecule has 0 unspecified atom stereocenters. The summed E-state index contributed by atoms with van der Waals surface area (Å²) in [5.41, 5.74) is 23.1. The van der Waals surface area contributed by atoms with Gasteiger partial charge in [-0.25, -0.2) is 0 Å². The molecule has 3 heterocycles. The molecule has 570 valence electrons. The van der Waals surface area contributed by atoms with Crippen molar-refractivity contribution in [2.75, 3.05) is 19.6 Å². The number of rotatable bonds is 16. The maximum absolute atomic E-state index is 9.27. The number of benzene rings is 20. The zero-order valence-corrected chi connectivity index (χ0v) is 65.6. The van der Waals surface area contributed by atoms with Crippen LogP contribution in [0.5, 0.6) is 0 Å². The fourth-order valence-electron chi connectivity index (χ4n) is 17.7. The van der Waals surface area contributed by atoms with Crippen LogP contribution in [0.2, 0.25) is 0 Å². The molecule has 0 aliphatic heterocycles. The van der Waals surface area contributed by atoms with Crippen LogP contribution in [0.1, 0.15) is 6.85 Å². The van der Waals surface area contributed by atoms with Crippen LogP contribution in [0.15, 0.2) is 476 Å². The van der Waals surface area contributed by atoms with Gasteiger partial charge in [-0.2, -0.15) is 0 Å². The van der Waals surface area contributed by atoms with Gasteiger partial charge >= 0.3 is 0 Å². The van der Waals surface area contributed by atoms with Crippen molar-refractivity contribution in [1.82, 2.24) is 4.57 Å². The third-order valence-electron chi connectivity index (χ3n) is 23.2. The second-order valence-electron chi connectivity index (χ2n) is 30.4. The number of hydrogen-bond acceptors (Lipinski definition) is 6. The summed E-state index contributed by atoms with van der Waals surface area (Å²) in [5, 5.41) is 13.6. The van der Waals surface area contributed by atoms with Gasteiger partial charge in [-0.3, -0.25) is 0 Å². The maximum atomic E-state index is 9.27. The Hall–Kier alpha value is -16.2. The molecule has 0 atom stereocenters. The monoisotopic (exact) mass is 1550 g/mol. The Morgan fingerprint density at radius 2 is 0.579 bits per heavy atom. The van der Waals surface area contributed by atoms with Gasteiger partial charge in [0.15, 0.2) is 0 Å². The lowest BCUT2D eigenvalue weighted by atomic mass is 9.92. The predicted octanol–water partition coefficient (Wildman–Crippen LogP) is 32.6. The molecule has 0 bridgehead atoms. The minimum atomic E-state index is -0.448. The molecule has 121 heavy (non-hydrogen) atoms. The average molecular weight is 1550 g/mol. The summed E-state index contributed by atoms with van der Waals surface area (Å²) < 4.78 is 59.5. The van der Waals surface area contributed by atoms with Crippen molar-refractivity contribution in [2.24, 2.45) is 0 Å². The summed E-state index contributed by atoms with van der Waals surface area (Å²) in [6, 6.07) is 151. The molecular formula is C114H77N5O2. The highest BCUT2D eigenvalue weighted by Gasteiger charge is 2.26. The second-order valence-corrected chi connectivity index (χ2v) is 30.4. The molecule has 0 radical (unpaired) electrons. The van der Waals surface area contributed by atoms with E-state index in [-0.39, 0.29) is 17.8 Å². The number of anilines is 12. The number of aromatic nitrogens is 1. The molecule has 0 spiro atoms. The standard InChI is InChI=1S/C62H41N3O.C52H36N2O/c1-4-19-44(20-5-1)63(47-33-35-62-58(40-47)56-29-15-17-31-61(56)66-62)49-36-43(57-38-42-18-10-11-25-51(42)52-26-12-13-27-53(52)57)37-50(39-49)64(45-21-6-2-7-22-45)48-32-34-55-54-28-14-16-30-59(54)65(60(55)41-48)46-23-8-3-9-24-46;1-4-15-37(16-5-1)38-27-29-43(30-28-38)53(41-19-6-2-7-20-41)45-33-40(48-25-14-18-39-17-10-11-23-47(39)48)34-46(35-45)54(42-21-8-3-9-22-42)44-31-32-52-50(36-44)49-24-12-13-26-51(49)55-52/h1-41H;1-36H/i;2D,6D,7D,19D,20D. The van der Waals surface area contributed by atoms with Crippen molar-refractivity contribution in [1.29, 1.82) is 0 Å². The smallest absolute Gasteiger partial charge is 0.135 e. The minimum Gasteiger partial charge on any atom is -0.456 e. The van der Waals surface area contributed by atoms with Crippen molar-refractivity contribution in [3.05, 3.63) is 467 Å². The molecule has 0 aliphatic carbocycles. The van der Waals surface area contributed by atoms with Crippen molar-refractivity contribution < 1.29 is 15.7 Å². The molecule has 0 amide bonds. The first-order chi connectivity index (χ1) is 62.1. The van der Waals surface area contributed by atoms with Gasteiger partial charge in [0, 0.05) is 106 Å². The molecule has 0 N–H and O–H groups in total. The Balaban J connectivity index is 0.000000150. The fraction of sp³-hybridized carbons (Fsp3) is 0. The maximum Gasteiger partial charge on any atom is 0.135 e. The summed E-state index contributed by atoms with van der Waals surface area (Å²) >= 11 is 0. The second kappa shape index (κ2) is 30.8. The summed E-state index contributed by atoms with van der Waals surface area (Å²) in [6.45, 7) is 0. The van der Waals surface area contributed by atoms with Gasteiger partial charge in [0.2, 0.25) is 0 Å². The number of nitrogens with zero attached hydrogens (tertiary/aromatic N) is 5. The van der Waals surface area contributed by atoms with Gasteiger partial charge in [0.25, 0.3) is 0 Å². The van der Waals surface area contributed by atoms with Crippen LogP contribution in [0.3, 0.4) is 0 Å². The quantitative estimate of drug-likeness (QED) is 0.0899. The number of hydrogen-bond donors (Lipinski definition) is 0.